The number of hydrogen-bond acceptors (Lipinski definition) is 1. The van der Waals surface area contributed by atoms with Crippen molar-refractivity contribution in [1.29, 1.82) is 0 Å². The van der Waals surface area contributed by atoms with Gasteiger partial charge in [0.15, 0.2) is 0 Å². The van der Waals surface area contributed by atoms with Crippen molar-refractivity contribution in [2.24, 2.45) is 0 Å². The molecule has 0 heterocycles. The third-order valence-electron chi connectivity index (χ3n) is 2.47. The van der Waals surface area contributed by atoms with Gasteiger partial charge in [-0.3, -0.25) is 9.69 Å². The van der Waals surface area contributed by atoms with Gasteiger partial charge in [-0.05, 0) is 24.3 Å². The molecule has 0 aliphatic rings. The predicted molar refractivity (Wildman–Crippen MR) is 73.9 cm³/mol. The van der Waals surface area contributed by atoms with Crippen LogP contribution in [0.2, 0.25) is 0 Å². The van der Waals surface area contributed by atoms with Crippen LogP contribution in [0.3, 0.4) is 0 Å². The lowest BCUT2D eigenvalue weighted by Gasteiger charge is -2.24. The van der Waals surface area contributed by atoms with E-state index in [0.717, 1.165) is 4.90 Å². The molecule has 0 N–H and O–H groups in total. The summed E-state index contributed by atoms with van der Waals surface area (Å²) in [5, 5.41) is 0. The fourth-order valence-corrected chi connectivity index (χ4v) is 1.84. The molecule has 0 aliphatic heterocycles. The predicted octanol–water partition coefficient (Wildman–Crippen LogP) is 4.34. The van der Waals surface area contributed by atoms with Crippen molar-refractivity contribution in [3.63, 3.8) is 0 Å². The molecule has 0 radical (unpaired) electrons. The van der Waals surface area contributed by atoms with Gasteiger partial charge < -0.3 is 0 Å². The van der Waals surface area contributed by atoms with E-state index in [1.807, 2.05) is 0 Å². The molecule has 19 heavy (non-hydrogen) atoms. The maximum Gasteiger partial charge on any atom is 0.378 e. The first-order chi connectivity index (χ1) is 9.00. The van der Waals surface area contributed by atoms with Crippen LogP contribution >= 0.6 is 15.9 Å². The maximum absolute atomic E-state index is 13.3. The van der Waals surface area contributed by atoms with E-state index in [1.54, 1.807) is 60.7 Å². The van der Waals surface area contributed by atoms with E-state index in [2.05, 4.69) is 15.9 Å². The standard InChI is InChI=1S/C14H10BrF2NO/c15-14(16,17)13(19)18(11-7-3-1-4-8-11)12-9-5-2-6-10-12/h1-10H. The molecule has 0 unspecified atom stereocenters. The van der Waals surface area contributed by atoms with Gasteiger partial charge in [0.25, 0.3) is 0 Å². The Hall–Kier alpha value is -1.75. The molecule has 0 aliphatic carbocycles. The van der Waals surface area contributed by atoms with Crippen molar-refractivity contribution in [2.75, 3.05) is 4.90 Å². The molecule has 2 rings (SSSR count). The highest BCUT2D eigenvalue weighted by atomic mass is 79.9. The van der Waals surface area contributed by atoms with Crippen molar-refractivity contribution >= 4 is 33.2 Å². The zero-order valence-electron chi connectivity index (χ0n) is 9.76. The maximum atomic E-state index is 13.3. The Morgan fingerprint density at radius 3 is 1.58 bits per heavy atom. The Kier molecular flexibility index (Phi) is 3.95. The van der Waals surface area contributed by atoms with Crippen LogP contribution in [-0.4, -0.2) is 10.7 Å². The van der Waals surface area contributed by atoms with Gasteiger partial charge in [-0.15, -0.1) is 0 Å². The Labute approximate surface area is 117 Å². The van der Waals surface area contributed by atoms with E-state index >= 15 is 0 Å². The Morgan fingerprint density at radius 1 is 0.895 bits per heavy atom. The highest BCUT2D eigenvalue weighted by Gasteiger charge is 2.40. The van der Waals surface area contributed by atoms with Crippen LogP contribution in [0.4, 0.5) is 20.2 Å². The summed E-state index contributed by atoms with van der Waals surface area (Å²) in [6, 6.07) is 16.7. The summed E-state index contributed by atoms with van der Waals surface area (Å²) in [5.41, 5.74) is 0.774. The number of alkyl halides is 3. The van der Waals surface area contributed by atoms with E-state index < -0.39 is 10.7 Å². The molecular weight excluding hydrogens is 316 g/mol. The van der Waals surface area contributed by atoms with Crippen LogP contribution in [0.5, 0.6) is 0 Å². The number of hydrogen-bond donors (Lipinski definition) is 0. The van der Waals surface area contributed by atoms with E-state index in [1.165, 1.54) is 0 Å². The molecule has 0 aromatic heterocycles. The normalized spacial score (nSPS) is 11.1. The van der Waals surface area contributed by atoms with Gasteiger partial charge >= 0.3 is 10.7 Å². The van der Waals surface area contributed by atoms with E-state index in [0.29, 0.717) is 11.4 Å². The van der Waals surface area contributed by atoms with Gasteiger partial charge in [0.1, 0.15) is 0 Å². The highest BCUT2D eigenvalue weighted by Crippen LogP contribution is 2.32. The number of rotatable bonds is 3. The summed E-state index contributed by atoms with van der Waals surface area (Å²) in [6.07, 6.45) is 0. The number of halogens is 3. The fraction of sp³-hybridized carbons (Fsp3) is 0.0714. The minimum Gasteiger partial charge on any atom is -0.275 e. The molecule has 0 saturated carbocycles. The number of nitrogens with zero attached hydrogens (tertiary/aromatic N) is 1. The molecule has 1 amide bonds. The first kappa shape index (κ1) is 13.7. The number of para-hydroxylation sites is 2. The van der Waals surface area contributed by atoms with Crippen molar-refractivity contribution in [3.8, 4) is 0 Å². The molecular formula is C14H10BrF2NO. The van der Waals surface area contributed by atoms with Crippen LogP contribution in [0, 0.1) is 0 Å². The molecule has 0 bridgehead atoms. The largest absolute Gasteiger partial charge is 0.378 e. The second-order valence-corrected chi connectivity index (χ2v) is 4.81. The number of carbonyl (C=O) groups excluding carboxylic acids is 1. The Balaban J connectivity index is 2.49. The van der Waals surface area contributed by atoms with Crippen molar-refractivity contribution in [1.82, 2.24) is 0 Å². The molecule has 2 nitrogen and oxygen atoms in total. The lowest BCUT2D eigenvalue weighted by Crippen LogP contribution is -2.37. The van der Waals surface area contributed by atoms with Crippen LogP contribution in [-0.2, 0) is 4.79 Å². The molecule has 0 fully saturated rings. The number of benzene rings is 2. The molecule has 0 saturated heterocycles. The minimum atomic E-state index is -3.61. The molecule has 0 atom stereocenters. The molecule has 2 aromatic carbocycles. The van der Waals surface area contributed by atoms with Crippen LogP contribution in [0.15, 0.2) is 60.7 Å². The topological polar surface area (TPSA) is 20.3 Å². The van der Waals surface area contributed by atoms with E-state index in [9.17, 15) is 13.6 Å². The number of carbonyl (C=O) groups is 1. The fourth-order valence-electron chi connectivity index (χ4n) is 1.66. The van der Waals surface area contributed by atoms with Crippen LogP contribution < -0.4 is 4.90 Å². The zero-order chi connectivity index (χ0) is 13.9. The van der Waals surface area contributed by atoms with Gasteiger partial charge in [-0.2, -0.15) is 8.78 Å². The Bertz CT molecular complexity index is 515. The summed E-state index contributed by atoms with van der Waals surface area (Å²) in [4.78, 5) is 9.26. The molecule has 2 aromatic rings. The summed E-state index contributed by atoms with van der Waals surface area (Å²) in [6.45, 7) is 0. The smallest absolute Gasteiger partial charge is 0.275 e. The summed E-state index contributed by atoms with van der Waals surface area (Å²) in [5.74, 6) is -1.33. The van der Waals surface area contributed by atoms with Gasteiger partial charge in [0.2, 0.25) is 0 Å². The summed E-state index contributed by atoms with van der Waals surface area (Å²) < 4.78 is 26.5. The third kappa shape index (κ3) is 3.17. The summed E-state index contributed by atoms with van der Waals surface area (Å²) in [7, 11) is 0. The quantitative estimate of drug-likeness (QED) is 0.769. The molecule has 98 valence electrons. The van der Waals surface area contributed by atoms with E-state index in [4.69, 9.17) is 0 Å². The van der Waals surface area contributed by atoms with Crippen LogP contribution in [0.25, 0.3) is 0 Å². The summed E-state index contributed by atoms with van der Waals surface area (Å²) >= 11 is 2.11. The minimum absolute atomic E-state index is 0.387. The monoisotopic (exact) mass is 325 g/mol. The first-order valence-electron chi connectivity index (χ1n) is 5.51. The van der Waals surface area contributed by atoms with Gasteiger partial charge in [0.05, 0.1) is 0 Å². The van der Waals surface area contributed by atoms with Gasteiger partial charge in [0, 0.05) is 27.3 Å². The SMILES string of the molecule is O=C(N(c1ccccc1)c1ccccc1)C(F)(F)Br. The third-order valence-corrected chi connectivity index (χ3v) is 2.81. The molecule has 0 spiro atoms. The number of amides is 1. The Morgan fingerprint density at radius 2 is 1.26 bits per heavy atom. The molecule has 5 heteroatoms. The zero-order valence-corrected chi connectivity index (χ0v) is 11.3. The van der Waals surface area contributed by atoms with Gasteiger partial charge in [-0.1, -0.05) is 36.4 Å². The highest BCUT2D eigenvalue weighted by molar-refractivity contribution is 9.10. The average Bonchev–Trinajstić information content (AvgIpc) is 2.40. The van der Waals surface area contributed by atoms with Crippen molar-refractivity contribution < 1.29 is 13.6 Å². The van der Waals surface area contributed by atoms with Crippen molar-refractivity contribution in [3.05, 3.63) is 60.7 Å². The second kappa shape index (κ2) is 5.48. The van der Waals surface area contributed by atoms with Gasteiger partial charge in [-0.25, -0.2) is 0 Å². The van der Waals surface area contributed by atoms with Crippen LogP contribution in [0.1, 0.15) is 0 Å². The van der Waals surface area contributed by atoms with Crippen molar-refractivity contribution in [2.45, 2.75) is 4.83 Å². The second-order valence-electron chi connectivity index (χ2n) is 3.81. The first-order valence-corrected chi connectivity index (χ1v) is 6.31. The lowest BCUT2D eigenvalue weighted by atomic mass is 10.2. The lowest BCUT2D eigenvalue weighted by molar-refractivity contribution is -0.130. The average molecular weight is 326 g/mol. The van der Waals surface area contributed by atoms with E-state index in [-0.39, 0.29) is 0 Å². The number of anilines is 2.